The Morgan fingerprint density at radius 1 is 1.09 bits per heavy atom. The minimum Gasteiger partial charge on any atom is -0.396 e. The lowest BCUT2D eigenvalue weighted by molar-refractivity contribution is 0.102. The number of nitrogens with two attached hydrogens (primary N) is 1. The number of piperazine rings is 1. The van der Waals surface area contributed by atoms with Gasteiger partial charge in [-0.15, -0.1) is 11.3 Å². The molecule has 1 aliphatic rings. The Bertz CT molecular complexity index is 1080. The van der Waals surface area contributed by atoms with Gasteiger partial charge in [0.25, 0.3) is 5.91 Å². The molecule has 0 radical (unpaired) electrons. The van der Waals surface area contributed by atoms with Gasteiger partial charge in [0.2, 0.25) is 0 Å². The Morgan fingerprint density at radius 2 is 1.91 bits per heavy atom. The molecular weight excluding hydrogens is 470 g/mol. The number of thiophene rings is 2. The number of pyridine rings is 1. The van der Waals surface area contributed by atoms with E-state index in [0.29, 0.717) is 11.4 Å². The average Bonchev–Trinajstić information content (AvgIpc) is 3.49. The van der Waals surface area contributed by atoms with Gasteiger partial charge in [-0.1, -0.05) is 6.07 Å². The first-order valence-electron chi connectivity index (χ1n) is 11.1. The molecule has 3 aromatic heterocycles. The molecule has 1 atom stereocenters. The Labute approximate surface area is 207 Å². The second kappa shape index (κ2) is 11.4. The van der Waals surface area contributed by atoms with Crippen LogP contribution in [0.4, 0.5) is 21.9 Å². The van der Waals surface area contributed by atoms with Gasteiger partial charge in [-0.05, 0) is 36.5 Å². The standard InChI is InChI=1S/C23H29N7O2S2/c1-29-7-9-30(10-8-29)6-4-19(28-23(32)26-17-5-11-33-13-17)16-2-3-20(25-12-16)22(31)27-21-15-34-14-18(21)24/h2-3,5,11-15,19H,4,6-10,24H2,1H3,(H,27,31)(H2,26,28,32). The maximum Gasteiger partial charge on any atom is 0.319 e. The predicted molar refractivity (Wildman–Crippen MR) is 139 cm³/mol. The van der Waals surface area contributed by atoms with Crippen LogP contribution in [0.2, 0.25) is 0 Å². The molecule has 0 aromatic carbocycles. The van der Waals surface area contributed by atoms with E-state index in [1.807, 2.05) is 22.9 Å². The molecule has 0 aliphatic carbocycles. The fourth-order valence-electron chi connectivity index (χ4n) is 3.71. The number of urea groups is 1. The summed E-state index contributed by atoms with van der Waals surface area (Å²) < 4.78 is 0. The van der Waals surface area contributed by atoms with Gasteiger partial charge < -0.3 is 31.5 Å². The molecule has 1 aliphatic heterocycles. The van der Waals surface area contributed by atoms with Crippen LogP contribution in [0.3, 0.4) is 0 Å². The summed E-state index contributed by atoms with van der Waals surface area (Å²) in [6.07, 6.45) is 2.39. The zero-order chi connectivity index (χ0) is 23.9. The van der Waals surface area contributed by atoms with Crippen LogP contribution in [0.5, 0.6) is 0 Å². The molecule has 180 valence electrons. The second-order valence-corrected chi connectivity index (χ2v) is 9.79. The number of aromatic nitrogens is 1. The number of likely N-dealkylation sites (N-methyl/N-ethyl adjacent to an activating group) is 1. The van der Waals surface area contributed by atoms with Crippen molar-refractivity contribution in [3.63, 3.8) is 0 Å². The smallest absolute Gasteiger partial charge is 0.319 e. The molecule has 1 saturated heterocycles. The monoisotopic (exact) mass is 499 g/mol. The van der Waals surface area contributed by atoms with Crippen molar-refractivity contribution in [2.75, 3.05) is 56.1 Å². The number of nitrogen functional groups attached to an aromatic ring is 1. The number of carbonyl (C=O) groups excluding carboxylic acids is 2. The lowest BCUT2D eigenvalue weighted by Gasteiger charge is -2.33. The molecule has 34 heavy (non-hydrogen) atoms. The molecule has 5 N–H and O–H groups in total. The van der Waals surface area contributed by atoms with E-state index in [1.165, 1.54) is 22.7 Å². The van der Waals surface area contributed by atoms with E-state index < -0.39 is 0 Å². The number of anilines is 3. The highest BCUT2D eigenvalue weighted by atomic mass is 32.1. The predicted octanol–water partition coefficient (Wildman–Crippen LogP) is 3.54. The Kier molecular flexibility index (Phi) is 8.12. The third-order valence-corrected chi connectivity index (χ3v) is 7.22. The summed E-state index contributed by atoms with van der Waals surface area (Å²) in [5.41, 5.74) is 8.86. The van der Waals surface area contributed by atoms with Crippen LogP contribution in [0.15, 0.2) is 45.9 Å². The van der Waals surface area contributed by atoms with Gasteiger partial charge in [-0.25, -0.2) is 4.79 Å². The number of hydrogen-bond acceptors (Lipinski definition) is 8. The van der Waals surface area contributed by atoms with Crippen molar-refractivity contribution >= 4 is 51.7 Å². The van der Waals surface area contributed by atoms with Crippen LogP contribution in [0.25, 0.3) is 0 Å². The Morgan fingerprint density at radius 3 is 2.56 bits per heavy atom. The molecule has 0 spiro atoms. The molecule has 3 amide bonds. The van der Waals surface area contributed by atoms with E-state index in [9.17, 15) is 9.59 Å². The largest absolute Gasteiger partial charge is 0.396 e. The molecule has 4 heterocycles. The first-order chi connectivity index (χ1) is 16.5. The van der Waals surface area contributed by atoms with Crippen LogP contribution in [-0.2, 0) is 0 Å². The van der Waals surface area contributed by atoms with Crippen molar-refractivity contribution in [1.29, 1.82) is 0 Å². The highest BCUT2D eigenvalue weighted by Crippen LogP contribution is 2.24. The summed E-state index contributed by atoms with van der Waals surface area (Å²) in [6.45, 7) is 4.95. The van der Waals surface area contributed by atoms with Gasteiger partial charge in [0.15, 0.2) is 0 Å². The van der Waals surface area contributed by atoms with Crippen LogP contribution >= 0.6 is 22.7 Å². The van der Waals surface area contributed by atoms with Crippen molar-refractivity contribution in [1.82, 2.24) is 20.1 Å². The van der Waals surface area contributed by atoms with E-state index in [1.54, 1.807) is 23.0 Å². The molecule has 11 heteroatoms. The zero-order valence-corrected chi connectivity index (χ0v) is 20.6. The number of nitrogens with one attached hydrogen (secondary N) is 3. The number of carbonyl (C=O) groups is 2. The summed E-state index contributed by atoms with van der Waals surface area (Å²) >= 11 is 2.95. The van der Waals surface area contributed by atoms with E-state index in [-0.39, 0.29) is 23.7 Å². The van der Waals surface area contributed by atoms with E-state index in [2.05, 4.69) is 37.8 Å². The molecule has 1 fully saturated rings. The van der Waals surface area contributed by atoms with Crippen molar-refractivity contribution < 1.29 is 9.59 Å². The first-order valence-corrected chi connectivity index (χ1v) is 13.0. The van der Waals surface area contributed by atoms with E-state index >= 15 is 0 Å². The minimum atomic E-state index is -0.325. The highest BCUT2D eigenvalue weighted by molar-refractivity contribution is 7.09. The second-order valence-electron chi connectivity index (χ2n) is 8.27. The van der Waals surface area contributed by atoms with Crippen LogP contribution in [-0.4, -0.2) is 66.5 Å². The van der Waals surface area contributed by atoms with Gasteiger partial charge in [-0.2, -0.15) is 11.3 Å². The fourth-order valence-corrected chi connectivity index (χ4v) is 4.97. The van der Waals surface area contributed by atoms with Crippen LogP contribution in [0.1, 0.15) is 28.5 Å². The van der Waals surface area contributed by atoms with Crippen molar-refractivity contribution in [2.45, 2.75) is 12.5 Å². The zero-order valence-electron chi connectivity index (χ0n) is 19.0. The van der Waals surface area contributed by atoms with Crippen molar-refractivity contribution in [3.05, 3.63) is 57.2 Å². The normalized spacial score (nSPS) is 15.6. The molecule has 3 aromatic rings. The van der Waals surface area contributed by atoms with Gasteiger partial charge in [0.05, 0.1) is 23.1 Å². The quantitative estimate of drug-likeness (QED) is 0.377. The molecule has 4 rings (SSSR count). The number of hydrogen-bond donors (Lipinski definition) is 4. The number of nitrogens with zero attached hydrogens (tertiary/aromatic N) is 3. The van der Waals surface area contributed by atoms with E-state index in [0.717, 1.165) is 50.4 Å². The van der Waals surface area contributed by atoms with Gasteiger partial charge in [0.1, 0.15) is 5.69 Å². The van der Waals surface area contributed by atoms with Crippen molar-refractivity contribution in [3.8, 4) is 0 Å². The SMILES string of the molecule is CN1CCN(CCC(NC(=O)Nc2ccsc2)c2ccc(C(=O)Nc3cscc3N)nc2)CC1. The molecule has 0 bridgehead atoms. The third kappa shape index (κ3) is 6.54. The third-order valence-electron chi connectivity index (χ3n) is 5.78. The van der Waals surface area contributed by atoms with Gasteiger partial charge in [0, 0.05) is 55.1 Å². The molecule has 1 unspecified atom stereocenters. The fraction of sp³-hybridized carbons (Fsp3) is 0.348. The number of rotatable bonds is 8. The summed E-state index contributed by atoms with van der Waals surface area (Å²) in [5, 5.41) is 16.1. The minimum absolute atomic E-state index is 0.240. The lowest BCUT2D eigenvalue weighted by atomic mass is 10.0. The van der Waals surface area contributed by atoms with Gasteiger partial charge in [-0.3, -0.25) is 9.78 Å². The number of amides is 3. The average molecular weight is 500 g/mol. The van der Waals surface area contributed by atoms with Crippen LogP contribution < -0.4 is 21.7 Å². The summed E-state index contributed by atoms with van der Waals surface area (Å²) in [4.78, 5) is 34.3. The summed E-state index contributed by atoms with van der Waals surface area (Å²) in [6, 6.07) is 4.87. The van der Waals surface area contributed by atoms with E-state index in [4.69, 9.17) is 5.73 Å². The topological polar surface area (TPSA) is 116 Å². The maximum atomic E-state index is 12.6. The van der Waals surface area contributed by atoms with Gasteiger partial charge >= 0.3 is 6.03 Å². The maximum absolute atomic E-state index is 12.6. The molecule has 9 nitrogen and oxygen atoms in total. The lowest BCUT2D eigenvalue weighted by Crippen LogP contribution is -2.45. The first kappa shape index (κ1) is 24.1. The molecule has 0 saturated carbocycles. The summed E-state index contributed by atoms with van der Waals surface area (Å²) in [5.74, 6) is -0.325. The van der Waals surface area contributed by atoms with Crippen molar-refractivity contribution in [2.24, 2.45) is 0 Å². The van der Waals surface area contributed by atoms with Crippen LogP contribution in [0, 0.1) is 0 Å². The summed E-state index contributed by atoms with van der Waals surface area (Å²) in [7, 11) is 2.13. The molecular formula is C23H29N7O2S2. The highest BCUT2D eigenvalue weighted by Gasteiger charge is 2.20. The Hall–Kier alpha value is -2.99. The Balaban J connectivity index is 1.42.